The topological polar surface area (TPSA) is 94.8 Å². The van der Waals surface area contributed by atoms with Crippen molar-refractivity contribution < 1.29 is 14.0 Å². The number of anilines is 1. The second-order valence-corrected chi connectivity index (χ2v) is 9.37. The molecule has 1 saturated carbocycles. The van der Waals surface area contributed by atoms with Crippen molar-refractivity contribution in [2.24, 2.45) is 11.3 Å². The zero-order valence-corrected chi connectivity index (χ0v) is 18.4. The zero-order valence-electron chi connectivity index (χ0n) is 18.4. The maximum atomic E-state index is 13.3. The number of fused-ring (bicyclic) bond motifs is 1. The third kappa shape index (κ3) is 3.98. The number of hydrogen-bond acceptors (Lipinski definition) is 6. The van der Waals surface area contributed by atoms with E-state index >= 15 is 0 Å². The number of nitrogens with zero attached hydrogens (tertiary/aromatic N) is 5. The molecule has 0 unspecified atom stereocenters. The number of hydrogen-bond donors (Lipinski definition) is 1. The minimum atomic E-state index is -0.536. The molecule has 4 rings (SSSR count). The summed E-state index contributed by atoms with van der Waals surface area (Å²) in [6, 6.07) is 0.760. The largest absolute Gasteiger partial charge is 0.408 e. The summed E-state index contributed by atoms with van der Waals surface area (Å²) in [6.07, 6.45) is 7.33. The molecular weight excluding hydrogens is 384 g/mol. The Morgan fingerprint density at radius 2 is 1.90 bits per heavy atom. The van der Waals surface area contributed by atoms with Crippen LogP contribution in [0.3, 0.4) is 0 Å². The second kappa shape index (κ2) is 8.43. The fraction of sp³-hybridized carbons (Fsp3) is 0.810. The molecule has 30 heavy (non-hydrogen) atoms. The minimum absolute atomic E-state index is 0.0158. The van der Waals surface area contributed by atoms with E-state index in [0.717, 1.165) is 25.7 Å². The number of aromatic nitrogens is 2. The van der Waals surface area contributed by atoms with Gasteiger partial charge in [0.25, 0.3) is 0 Å². The van der Waals surface area contributed by atoms with E-state index in [1.807, 2.05) is 23.9 Å². The highest BCUT2D eigenvalue weighted by atomic mass is 16.4. The fourth-order valence-electron chi connectivity index (χ4n) is 5.48. The van der Waals surface area contributed by atoms with Crippen molar-refractivity contribution in [3.63, 3.8) is 0 Å². The Hall–Kier alpha value is -2.32. The molecule has 1 aliphatic carbocycles. The number of aryl methyl sites for hydroxylation is 1. The van der Waals surface area contributed by atoms with Crippen molar-refractivity contribution in [2.75, 3.05) is 45.2 Å². The van der Waals surface area contributed by atoms with Crippen LogP contribution in [0.1, 0.15) is 50.8 Å². The molecule has 1 aromatic rings. The van der Waals surface area contributed by atoms with Crippen LogP contribution in [-0.2, 0) is 4.79 Å². The van der Waals surface area contributed by atoms with Crippen molar-refractivity contribution in [3.05, 3.63) is 5.89 Å². The molecule has 166 valence electrons. The van der Waals surface area contributed by atoms with Crippen LogP contribution in [0, 0.1) is 18.3 Å². The van der Waals surface area contributed by atoms with Gasteiger partial charge >= 0.3 is 12.0 Å². The Kier molecular flexibility index (Phi) is 5.88. The van der Waals surface area contributed by atoms with E-state index in [9.17, 15) is 9.59 Å². The van der Waals surface area contributed by atoms with Crippen molar-refractivity contribution in [2.45, 2.75) is 57.9 Å². The summed E-state index contributed by atoms with van der Waals surface area (Å²) in [7, 11) is 3.62. The summed E-state index contributed by atoms with van der Waals surface area (Å²) in [5, 5.41) is 11.4. The first kappa shape index (κ1) is 20.9. The summed E-state index contributed by atoms with van der Waals surface area (Å²) < 4.78 is 5.65. The van der Waals surface area contributed by atoms with Crippen LogP contribution < -0.4 is 10.2 Å². The normalized spacial score (nSPS) is 27.5. The van der Waals surface area contributed by atoms with Crippen LogP contribution >= 0.6 is 0 Å². The smallest absolute Gasteiger partial charge is 0.318 e. The average Bonchev–Trinajstić information content (AvgIpc) is 3.27. The highest BCUT2D eigenvalue weighted by molar-refractivity contribution is 5.84. The van der Waals surface area contributed by atoms with Gasteiger partial charge in [0.15, 0.2) is 0 Å². The number of nitrogens with one attached hydrogen (secondary N) is 1. The lowest BCUT2D eigenvalue weighted by Gasteiger charge is -2.34. The van der Waals surface area contributed by atoms with Gasteiger partial charge in [-0.25, -0.2) is 4.79 Å². The van der Waals surface area contributed by atoms with Gasteiger partial charge in [0, 0.05) is 59.2 Å². The zero-order chi connectivity index (χ0) is 21.3. The molecule has 3 fully saturated rings. The average molecular weight is 419 g/mol. The van der Waals surface area contributed by atoms with Gasteiger partial charge in [-0.3, -0.25) is 4.79 Å². The molecule has 0 bridgehead atoms. The molecule has 2 atom stereocenters. The quantitative estimate of drug-likeness (QED) is 0.807. The van der Waals surface area contributed by atoms with Crippen LogP contribution in [-0.4, -0.2) is 78.3 Å². The Morgan fingerprint density at radius 3 is 2.57 bits per heavy atom. The number of carbonyl (C=O) groups is 2. The Balaban J connectivity index is 1.53. The molecule has 1 aromatic heterocycles. The fourth-order valence-corrected chi connectivity index (χ4v) is 5.48. The van der Waals surface area contributed by atoms with Crippen molar-refractivity contribution in [1.82, 2.24) is 25.3 Å². The van der Waals surface area contributed by atoms with Crippen LogP contribution in [0.25, 0.3) is 0 Å². The lowest BCUT2D eigenvalue weighted by Crippen LogP contribution is -2.50. The maximum absolute atomic E-state index is 13.3. The molecule has 0 aromatic carbocycles. The monoisotopic (exact) mass is 418 g/mol. The number of carbonyl (C=O) groups excluding carboxylic acids is 2. The Labute approximate surface area is 178 Å². The second-order valence-electron chi connectivity index (χ2n) is 9.37. The van der Waals surface area contributed by atoms with E-state index in [2.05, 4.69) is 15.5 Å². The number of amides is 3. The van der Waals surface area contributed by atoms with E-state index in [1.54, 1.807) is 11.8 Å². The molecule has 0 spiro atoms. The first-order valence-corrected chi connectivity index (χ1v) is 11.2. The molecular formula is C21H34N6O3. The van der Waals surface area contributed by atoms with E-state index in [-0.39, 0.29) is 23.9 Å². The highest BCUT2D eigenvalue weighted by Gasteiger charge is 2.55. The molecule has 1 N–H and O–H groups in total. The number of rotatable bonds is 3. The summed E-state index contributed by atoms with van der Waals surface area (Å²) in [4.78, 5) is 32.0. The van der Waals surface area contributed by atoms with Crippen molar-refractivity contribution in [3.8, 4) is 0 Å². The molecule has 9 heteroatoms. The van der Waals surface area contributed by atoms with Gasteiger partial charge in [0.05, 0.1) is 5.41 Å². The van der Waals surface area contributed by atoms with Gasteiger partial charge in [-0.15, -0.1) is 5.10 Å². The summed E-state index contributed by atoms with van der Waals surface area (Å²) >= 11 is 0. The van der Waals surface area contributed by atoms with E-state index < -0.39 is 5.41 Å². The summed E-state index contributed by atoms with van der Waals surface area (Å²) in [5.74, 6) is 0.665. The van der Waals surface area contributed by atoms with E-state index in [4.69, 9.17) is 4.42 Å². The van der Waals surface area contributed by atoms with Gasteiger partial charge < -0.3 is 24.4 Å². The predicted molar refractivity (Wildman–Crippen MR) is 112 cm³/mol. The van der Waals surface area contributed by atoms with Crippen molar-refractivity contribution >= 4 is 18.0 Å². The Morgan fingerprint density at radius 1 is 1.13 bits per heavy atom. The molecule has 3 aliphatic rings. The Bertz CT molecular complexity index is 775. The summed E-state index contributed by atoms with van der Waals surface area (Å²) in [5.41, 5.74) is -0.536. The predicted octanol–water partition coefficient (Wildman–Crippen LogP) is 2.03. The van der Waals surface area contributed by atoms with Gasteiger partial charge in [0.1, 0.15) is 0 Å². The molecule has 0 radical (unpaired) electrons. The van der Waals surface area contributed by atoms with Gasteiger partial charge in [-0.2, -0.15) is 0 Å². The van der Waals surface area contributed by atoms with Crippen LogP contribution in [0.2, 0.25) is 0 Å². The number of urea groups is 1. The van der Waals surface area contributed by atoms with Gasteiger partial charge in [-0.1, -0.05) is 24.4 Å². The van der Waals surface area contributed by atoms with Gasteiger partial charge in [0.2, 0.25) is 11.8 Å². The van der Waals surface area contributed by atoms with Crippen LogP contribution in [0.4, 0.5) is 10.8 Å². The first-order valence-electron chi connectivity index (χ1n) is 11.2. The maximum Gasteiger partial charge on any atom is 0.318 e. The first-order chi connectivity index (χ1) is 14.4. The molecule has 9 nitrogen and oxygen atoms in total. The molecule has 3 amide bonds. The van der Waals surface area contributed by atoms with Crippen LogP contribution in [0.5, 0.6) is 0 Å². The van der Waals surface area contributed by atoms with Crippen LogP contribution in [0.15, 0.2) is 4.42 Å². The SMILES string of the molecule is Cc1nnc(N2C[C@@H]3CN(C(=O)NC4CCCCC4)CCC[C@]3(C(=O)N(C)C)C2)o1. The van der Waals surface area contributed by atoms with E-state index in [1.165, 1.54) is 19.3 Å². The molecule has 2 saturated heterocycles. The standard InChI is InChI=1S/C21H34N6O3/c1-15-23-24-20(30-15)27-13-16-12-26(19(29)22-17-8-5-4-6-9-17)11-7-10-21(16,14-27)18(28)25(2)3/h16-17H,4-14H2,1-3H3,(H,22,29)/t16-,21-/m0/s1. The number of likely N-dealkylation sites (tertiary alicyclic amines) is 1. The lowest BCUT2D eigenvalue weighted by molar-refractivity contribution is -0.141. The summed E-state index contributed by atoms with van der Waals surface area (Å²) in [6.45, 7) is 4.21. The van der Waals surface area contributed by atoms with Gasteiger partial charge in [-0.05, 0) is 25.7 Å². The van der Waals surface area contributed by atoms with E-state index in [0.29, 0.717) is 38.1 Å². The third-order valence-corrected chi connectivity index (χ3v) is 7.02. The minimum Gasteiger partial charge on any atom is -0.408 e. The van der Waals surface area contributed by atoms with Crippen molar-refractivity contribution in [1.29, 1.82) is 0 Å². The molecule has 2 aliphatic heterocycles. The highest BCUT2D eigenvalue weighted by Crippen LogP contribution is 2.45. The third-order valence-electron chi connectivity index (χ3n) is 7.02. The molecule has 3 heterocycles. The lowest BCUT2D eigenvalue weighted by atomic mass is 9.74.